The molecule has 0 heterocycles. The summed E-state index contributed by atoms with van der Waals surface area (Å²) >= 11 is 0. The number of carboxylic acids is 1. The van der Waals surface area contributed by atoms with E-state index in [1.165, 1.54) is 11.9 Å². The van der Waals surface area contributed by atoms with Gasteiger partial charge in [0.1, 0.15) is 12.6 Å². The summed E-state index contributed by atoms with van der Waals surface area (Å²) in [7, 11) is 1.49. The number of likely N-dealkylation sites (N-methyl/N-ethyl adjacent to an activating group) is 1. The molecule has 5 nitrogen and oxygen atoms in total. The Morgan fingerprint density at radius 2 is 1.63 bits per heavy atom. The smallest absolute Gasteiger partial charge is 0.410 e. The Bertz CT molecular complexity index is 787. The van der Waals surface area contributed by atoms with Gasteiger partial charge in [-0.2, -0.15) is 0 Å². The van der Waals surface area contributed by atoms with E-state index in [9.17, 15) is 14.7 Å². The number of carbonyl (C=O) groups is 2. The van der Waals surface area contributed by atoms with Gasteiger partial charge in [-0.15, -0.1) is 0 Å². The Morgan fingerprint density at radius 3 is 2.15 bits per heavy atom. The molecule has 2 aromatic carbocycles. The molecular weight excluding hydrogens is 342 g/mol. The Labute approximate surface area is 159 Å². The van der Waals surface area contributed by atoms with Gasteiger partial charge in [0.15, 0.2) is 0 Å². The van der Waals surface area contributed by atoms with E-state index in [0.717, 1.165) is 35.1 Å². The first-order valence-corrected chi connectivity index (χ1v) is 9.35. The van der Waals surface area contributed by atoms with E-state index in [0.29, 0.717) is 6.42 Å². The highest BCUT2D eigenvalue weighted by Gasteiger charge is 2.31. The average molecular weight is 367 g/mol. The van der Waals surface area contributed by atoms with Crippen molar-refractivity contribution in [2.75, 3.05) is 13.7 Å². The second kappa shape index (κ2) is 8.25. The lowest BCUT2D eigenvalue weighted by atomic mass is 9.98. The predicted octanol–water partition coefficient (Wildman–Crippen LogP) is 4.51. The number of ether oxygens (including phenoxy) is 1. The third-order valence-electron chi connectivity index (χ3n) is 5.21. The van der Waals surface area contributed by atoms with Gasteiger partial charge in [-0.25, -0.2) is 9.59 Å². The van der Waals surface area contributed by atoms with Gasteiger partial charge in [0.05, 0.1) is 0 Å². The molecule has 0 aliphatic heterocycles. The summed E-state index contributed by atoms with van der Waals surface area (Å²) in [5, 5.41) is 9.41. The molecule has 1 aliphatic carbocycles. The lowest BCUT2D eigenvalue weighted by Gasteiger charge is -2.25. The predicted molar refractivity (Wildman–Crippen MR) is 104 cm³/mol. The summed E-state index contributed by atoms with van der Waals surface area (Å²) in [4.78, 5) is 25.2. The van der Waals surface area contributed by atoms with Crippen molar-refractivity contribution in [3.63, 3.8) is 0 Å². The Morgan fingerprint density at radius 1 is 1.07 bits per heavy atom. The van der Waals surface area contributed by atoms with Crippen molar-refractivity contribution in [2.24, 2.45) is 0 Å². The van der Waals surface area contributed by atoms with Crippen LogP contribution >= 0.6 is 0 Å². The number of rotatable bonds is 7. The number of benzene rings is 2. The maximum absolute atomic E-state index is 12.5. The van der Waals surface area contributed by atoms with Crippen molar-refractivity contribution in [3.8, 4) is 11.1 Å². The number of amides is 1. The summed E-state index contributed by atoms with van der Waals surface area (Å²) in [6, 6.07) is 15.4. The molecule has 0 saturated carbocycles. The van der Waals surface area contributed by atoms with Crippen molar-refractivity contribution >= 4 is 12.1 Å². The van der Waals surface area contributed by atoms with Gasteiger partial charge in [0, 0.05) is 13.0 Å². The van der Waals surface area contributed by atoms with E-state index in [4.69, 9.17) is 4.74 Å². The van der Waals surface area contributed by atoms with Crippen LogP contribution in [0.25, 0.3) is 11.1 Å². The van der Waals surface area contributed by atoms with Gasteiger partial charge in [-0.1, -0.05) is 68.3 Å². The molecule has 5 heteroatoms. The molecular formula is C22H25NO4. The number of unbranched alkanes of at least 4 members (excludes halogenated alkanes) is 1. The van der Waals surface area contributed by atoms with Gasteiger partial charge in [0.2, 0.25) is 0 Å². The van der Waals surface area contributed by atoms with Crippen LogP contribution in [0.4, 0.5) is 4.79 Å². The highest BCUT2D eigenvalue weighted by Crippen LogP contribution is 2.44. The van der Waals surface area contributed by atoms with Crippen LogP contribution in [-0.2, 0) is 9.53 Å². The quantitative estimate of drug-likeness (QED) is 0.782. The van der Waals surface area contributed by atoms with Crippen molar-refractivity contribution < 1.29 is 19.4 Å². The minimum atomic E-state index is -1.00. The van der Waals surface area contributed by atoms with Gasteiger partial charge in [-0.3, -0.25) is 4.90 Å². The van der Waals surface area contributed by atoms with Crippen LogP contribution < -0.4 is 0 Å². The summed E-state index contributed by atoms with van der Waals surface area (Å²) in [5.41, 5.74) is 4.59. The van der Waals surface area contributed by atoms with E-state index >= 15 is 0 Å². The Hall–Kier alpha value is -2.82. The van der Waals surface area contributed by atoms with Crippen LogP contribution in [0.15, 0.2) is 48.5 Å². The number of hydrogen-bond donors (Lipinski definition) is 1. The van der Waals surface area contributed by atoms with E-state index in [1.807, 2.05) is 31.2 Å². The molecule has 0 saturated heterocycles. The van der Waals surface area contributed by atoms with Crippen molar-refractivity contribution in [1.82, 2.24) is 4.90 Å². The number of fused-ring (bicyclic) bond motifs is 3. The van der Waals surface area contributed by atoms with E-state index < -0.39 is 18.1 Å². The fourth-order valence-corrected chi connectivity index (χ4v) is 3.70. The zero-order valence-electron chi connectivity index (χ0n) is 15.7. The Balaban J connectivity index is 1.73. The molecule has 0 unspecified atom stereocenters. The second-order valence-electron chi connectivity index (χ2n) is 6.91. The molecule has 1 atom stereocenters. The zero-order chi connectivity index (χ0) is 19.4. The maximum Gasteiger partial charge on any atom is 0.410 e. The summed E-state index contributed by atoms with van der Waals surface area (Å²) in [5.74, 6) is -1.03. The first-order chi connectivity index (χ1) is 13.0. The van der Waals surface area contributed by atoms with Gasteiger partial charge < -0.3 is 9.84 Å². The zero-order valence-corrected chi connectivity index (χ0v) is 15.7. The topological polar surface area (TPSA) is 66.8 Å². The number of hydrogen-bond acceptors (Lipinski definition) is 3. The standard InChI is InChI=1S/C22H25NO4/c1-3-4-13-20(21(24)25)23(2)22(26)27-14-19-17-11-7-5-9-15(17)16-10-6-8-12-18(16)19/h5-12,19-20H,3-4,13-14H2,1-2H3,(H,24,25)/t20-/m1/s1. The third-order valence-corrected chi connectivity index (χ3v) is 5.21. The lowest BCUT2D eigenvalue weighted by Crippen LogP contribution is -2.43. The molecule has 1 aliphatic rings. The number of nitrogens with zero attached hydrogens (tertiary/aromatic N) is 1. The molecule has 1 amide bonds. The second-order valence-corrected chi connectivity index (χ2v) is 6.91. The monoisotopic (exact) mass is 367 g/mol. The van der Waals surface area contributed by atoms with Gasteiger partial charge in [-0.05, 0) is 28.7 Å². The normalized spacial score (nSPS) is 13.6. The van der Waals surface area contributed by atoms with E-state index in [-0.39, 0.29) is 12.5 Å². The number of carbonyl (C=O) groups excluding carboxylic acids is 1. The van der Waals surface area contributed by atoms with Crippen LogP contribution in [0.3, 0.4) is 0 Å². The molecule has 0 fully saturated rings. The summed E-state index contributed by atoms with van der Waals surface area (Å²) in [6.45, 7) is 2.18. The van der Waals surface area contributed by atoms with Crippen molar-refractivity contribution in [3.05, 3.63) is 59.7 Å². The van der Waals surface area contributed by atoms with Crippen LogP contribution in [0.5, 0.6) is 0 Å². The summed E-state index contributed by atoms with van der Waals surface area (Å²) < 4.78 is 5.54. The molecule has 142 valence electrons. The number of aliphatic carboxylic acids is 1. The molecule has 3 rings (SSSR count). The fraction of sp³-hybridized carbons (Fsp3) is 0.364. The Kier molecular flexibility index (Phi) is 5.79. The number of carboxylic acid groups (broad SMARTS) is 1. The highest BCUT2D eigenvalue weighted by atomic mass is 16.6. The molecule has 2 aromatic rings. The lowest BCUT2D eigenvalue weighted by molar-refractivity contribution is -0.142. The van der Waals surface area contributed by atoms with E-state index in [1.54, 1.807) is 0 Å². The van der Waals surface area contributed by atoms with Crippen LogP contribution in [0.1, 0.15) is 43.2 Å². The van der Waals surface area contributed by atoms with E-state index in [2.05, 4.69) is 24.3 Å². The average Bonchev–Trinajstić information content (AvgIpc) is 3.00. The first kappa shape index (κ1) is 19.0. The SMILES string of the molecule is CCCC[C@H](C(=O)O)N(C)C(=O)OCC1c2ccccc2-c2ccccc21. The molecule has 27 heavy (non-hydrogen) atoms. The minimum Gasteiger partial charge on any atom is -0.480 e. The molecule has 0 radical (unpaired) electrons. The van der Waals surface area contributed by atoms with Crippen LogP contribution in [-0.4, -0.2) is 41.8 Å². The van der Waals surface area contributed by atoms with Crippen molar-refractivity contribution in [2.45, 2.75) is 38.1 Å². The highest BCUT2D eigenvalue weighted by molar-refractivity contribution is 5.81. The first-order valence-electron chi connectivity index (χ1n) is 9.35. The van der Waals surface area contributed by atoms with Gasteiger partial charge >= 0.3 is 12.1 Å². The van der Waals surface area contributed by atoms with Gasteiger partial charge in [0.25, 0.3) is 0 Å². The molecule has 1 N–H and O–H groups in total. The summed E-state index contributed by atoms with van der Waals surface area (Å²) in [6.07, 6.45) is 1.45. The minimum absolute atomic E-state index is 0.0336. The van der Waals surface area contributed by atoms with Crippen LogP contribution in [0, 0.1) is 0 Å². The molecule has 0 spiro atoms. The molecule has 0 aromatic heterocycles. The molecule has 0 bridgehead atoms. The van der Waals surface area contributed by atoms with Crippen LogP contribution in [0.2, 0.25) is 0 Å². The fourth-order valence-electron chi connectivity index (χ4n) is 3.70. The largest absolute Gasteiger partial charge is 0.480 e. The maximum atomic E-state index is 12.5. The van der Waals surface area contributed by atoms with Crippen molar-refractivity contribution in [1.29, 1.82) is 0 Å². The third kappa shape index (κ3) is 3.82.